The second-order valence-electron chi connectivity index (χ2n) is 7.40. The highest BCUT2D eigenvalue weighted by molar-refractivity contribution is 5.97. The number of rotatable bonds is 6. The van der Waals surface area contributed by atoms with Crippen LogP contribution in [0.25, 0.3) is 21.9 Å². The fourth-order valence-electron chi connectivity index (χ4n) is 3.83. The quantitative estimate of drug-likeness (QED) is 0.368. The van der Waals surface area contributed by atoms with Crippen molar-refractivity contribution in [3.8, 4) is 23.0 Å². The minimum absolute atomic E-state index is 0.0107. The van der Waals surface area contributed by atoms with Crippen molar-refractivity contribution in [2.75, 3.05) is 27.9 Å². The van der Waals surface area contributed by atoms with Crippen LogP contribution in [0.1, 0.15) is 0 Å². The third kappa shape index (κ3) is 3.73. The molecule has 5 atom stereocenters. The molecule has 2 heterocycles. The van der Waals surface area contributed by atoms with Gasteiger partial charge in [-0.1, -0.05) is 6.07 Å². The van der Waals surface area contributed by atoms with E-state index in [-0.39, 0.29) is 39.2 Å². The summed E-state index contributed by atoms with van der Waals surface area (Å²) in [6, 6.07) is 6.27. The fourth-order valence-corrected chi connectivity index (χ4v) is 3.83. The van der Waals surface area contributed by atoms with Gasteiger partial charge in [0.1, 0.15) is 35.4 Å². The number of hydrogen-bond acceptors (Lipinski definition) is 11. The molecule has 1 aromatic heterocycles. The van der Waals surface area contributed by atoms with Gasteiger partial charge in [0, 0.05) is 6.07 Å². The number of ether oxygens (including phenoxy) is 5. The molecule has 4 N–H and O–H groups in total. The fraction of sp³-hybridized carbons (Fsp3) is 0.409. The molecule has 0 radical (unpaired) electrons. The van der Waals surface area contributed by atoms with Crippen LogP contribution in [0.4, 0.5) is 0 Å². The van der Waals surface area contributed by atoms with Crippen molar-refractivity contribution in [1.29, 1.82) is 0 Å². The van der Waals surface area contributed by atoms with E-state index in [4.69, 9.17) is 28.1 Å². The summed E-state index contributed by atoms with van der Waals surface area (Å²) in [5.41, 5.74) is -0.191. The molecule has 0 amide bonds. The van der Waals surface area contributed by atoms with Gasteiger partial charge in [-0.2, -0.15) is 0 Å². The highest BCUT2D eigenvalue weighted by atomic mass is 16.7. The Morgan fingerprint density at radius 2 is 1.67 bits per heavy atom. The van der Waals surface area contributed by atoms with Gasteiger partial charge in [0.2, 0.25) is 17.5 Å². The van der Waals surface area contributed by atoms with E-state index < -0.39 is 42.7 Å². The Bertz CT molecular complexity index is 1220. The van der Waals surface area contributed by atoms with E-state index in [0.717, 1.165) is 0 Å². The Kier molecular flexibility index (Phi) is 6.32. The van der Waals surface area contributed by atoms with Crippen molar-refractivity contribution in [1.82, 2.24) is 0 Å². The average molecular weight is 464 g/mol. The highest BCUT2D eigenvalue weighted by Crippen LogP contribution is 2.44. The molecule has 0 saturated carbocycles. The van der Waals surface area contributed by atoms with Crippen LogP contribution in [-0.4, -0.2) is 79.1 Å². The number of benzene rings is 2. The molecule has 1 saturated heterocycles. The summed E-state index contributed by atoms with van der Waals surface area (Å²) < 4.78 is 33.3. The van der Waals surface area contributed by atoms with Crippen LogP contribution >= 0.6 is 0 Å². The zero-order chi connectivity index (χ0) is 23.9. The molecule has 11 nitrogen and oxygen atoms in total. The van der Waals surface area contributed by atoms with Gasteiger partial charge >= 0.3 is 0 Å². The Labute approximate surface area is 187 Å². The lowest BCUT2D eigenvalue weighted by Crippen LogP contribution is -2.60. The molecule has 0 unspecified atom stereocenters. The SMILES string of the molecule is COc1cc2oc3c(OC)cccc3c(=O)c2c(O[C@@H]2O[C@H](CO)[C@@H](O)[C@H](O)[C@H]2O)c1OC. The van der Waals surface area contributed by atoms with Crippen molar-refractivity contribution in [3.63, 3.8) is 0 Å². The smallest absolute Gasteiger partial charge is 0.229 e. The summed E-state index contributed by atoms with van der Waals surface area (Å²) in [4.78, 5) is 13.5. The molecule has 0 spiro atoms. The van der Waals surface area contributed by atoms with Gasteiger partial charge in [0.15, 0.2) is 22.8 Å². The first kappa shape index (κ1) is 23.1. The van der Waals surface area contributed by atoms with Crippen molar-refractivity contribution in [3.05, 3.63) is 34.5 Å². The number of aliphatic hydroxyl groups is 4. The van der Waals surface area contributed by atoms with Crippen LogP contribution in [0.2, 0.25) is 0 Å². The summed E-state index contributed by atoms with van der Waals surface area (Å²) in [6.07, 6.45) is -7.73. The molecule has 1 aliphatic heterocycles. The largest absolute Gasteiger partial charge is 0.493 e. The first-order chi connectivity index (χ1) is 15.9. The zero-order valence-electron chi connectivity index (χ0n) is 18.0. The normalized spacial score (nSPS) is 25.2. The second-order valence-corrected chi connectivity index (χ2v) is 7.40. The van der Waals surface area contributed by atoms with Crippen molar-refractivity contribution < 1.29 is 48.5 Å². The minimum atomic E-state index is -1.71. The average Bonchev–Trinajstić information content (AvgIpc) is 2.83. The third-order valence-corrected chi connectivity index (χ3v) is 5.55. The van der Waals surface area contributed by atoms with Crippen LogP contribution in [0, 0.1) is 0 Å². The molecule has 0 bridgehead atoms. The third-order valence-electron chi connectivity index (χ3n) is 5.55. The van der Waals surface area contributed by atoms with Crippen LogP contribution in [0.5, 0.6) is 23.0 Å². The maximum Gasteiger partial charge on any atom is 0.229 e. The van der Waals surface area contributed by atoms with Crippen molar-refractivity contribution >= 4 is 21.9 Å². The molecule has 33 heavy (non-hydrogen) atoms. The summed E-state index contributed by atoms with van der Waals surface area (Å²) in [5.74, 6) is 0.339. The molecule has 2 aromatic carbocycles. The minimum Gasteiger partial charge on any atom is -0.493 e. The molecule has 11 heteroatoms. The van der Waals surface area contributed by atoms with E-state index in [1.165, 1.54) is 27.4 Å². The molecular formula is C22H24O11. The predicted octanol–water partition coefficient (Wildman–Crippen LogP) is 0.151. The number of methoxy groups -OCH3 is 3. The van der Waals surface area contributed by atoms with E-state index >= 15 is 0 Å². The molecule has 1 aliphatic rings. The zero-order valence-corrected chi connectivity index (χ0v) is 18.0. The predicted molar refractivity (Wildman–Crippen MR) is 114 cm³/mol. The van der Waals surface area contributed by atoms with Gasteiger partial charge in [-0.15, -0.1) is 0 Å². The first-order valence-corrected chi connectivity index (χ1v) is 10.0. The summed E-state index contributed by atoms with van der Waals surface area (Å²) >= 11 is 0. The monoisotopic (exact) mass is 464 g/mol. The Morgan fingerprint density at radius 1 is 0.939 bits per heavy atom. The molecular weight excluding hydrogens is 440 g/mol. The van der Waals surface area contributed by atoms with E-state index in [2.05, 4.69) is 0 Å². The van der Waals surface area contributed by atoms with Crippen LogP contribution < -0.4 is 24.4 Å². The maximum absolute atomic E-state index is 13.5. The van der Waals surface area contributed by atoms with E-state index in [9.17, 15) is 25.2 Å². The lowest BCUT2D eigenvalue weighted by molar-refractivity contribution is -0.277. The maximum atomic E-state index is 13.5. The topological polar surface area (TPSA) is 157 Å². The lowest BCUT2D eigenvalue weighted by atomic mass is 9.99. The molecule has 1 fully saturated rings. The second kappa shape index (κ2) is 9.04. The van der Waals surface area contributed by atoms with E-state index in [1.807, 2.05) is 0 Å². The lowest BCUT2D eigenvalue weighted by Gasteiger charge is -2.39. The molecule has 178 valence electrons. The molecule has 4 rings (SSSR count). The summed E-state index contributed by atoms with van der Waals surface area (Å²) in [5, 5.41) is 40.2. The Hall–Kier alpha value is -3.09. The first-order valence-electron chi connectivity index (χ1n) is 10.0. The number of hydrogen-bond donors (Lipinski definition) is 4. The van der Waals surface area contributed by atoms with Gasteiger partial charge in [-0.05, 0) is 12.1 Å². The van der Waals surface area contributed by atoms with Gasteiger partial charge in [0.05, 0.1) is 33.3 Å². The number of aliphatic hydroxyl groups excluding tert-OH is 4. The Balaban J connectivity index is 1.96. The highest BCUT2D eigenvalue weighted by Gasteiger charge is 2.45. The Morgan fingerprint density at radius 3 is 2.30 bits per heavy atom. The van der Waals surface area contributed by atoms with Crippen LogP contribution in [0.15, 0.2) is 33.5 Å². The van der Waals surface area contributed by atoms with Gasteiger partial charge in [0.25, 0.3) is 0 Å². The standard InChI is InChI=1S/C22H24O11/c1-28-10-6-4-5-9-15(24)14-11(31-19(9)10)7-12(29-2)20(30-3)21(14)33-22-18(27)17(26)16(25)13(8-23)32-22/h4-7,13,16-18,22-23,25-27H,8H2,1-3H3/t13-,16-,17+,18-,22+/m1/s1. The van der Waals surface area contributed by atoms with Gasteiger partial charge < -0.3 is 48.5 Å². The summed E-state index contributed by atoms with van der Waals surface area (Å²) in [6.45, 7) is -0.645. The molecule has 3 aromatic rings. The van der Waals surface area contributed by atoms with Crippen LogP contribution in [-0.2, 0) is 4.74 Å². The van der Waals surface area contributed by atoms with Gasteiger partial charge in [-0.3, -0.25) is 4.79 Å². The molecule has 0 aliphatic carbocycles. The van der Waals surface area contributed by atoms with Crippen LogP contribution in [0.3, 0.4) is 0 Å². The van der Waals surface area contributed by atoms with Crippen molar-refractivity contribution in [2.24, 2.45) is 0 Å². The van der Waals surface area contributed by atoms with Crippen molar-refractivity contribution in [2.45, 2.75) is 30.7 Å². The van der Waals surface area contributed by atoms with E-state index in [1.54, 1.807) is 18.2 Å². The van der Waals surface area contributed by atoms with E-state index in [0.29, 0.717) is 5.75 Å². The summed E-state index contributed by atoms with van der Waals surface area (Å²) in [7, 11) is 4.15. The van der Waals surface area contributed by atoms with Gasteiger partial charge in [-0.25, -0.2) is 0 Å². The number of para-hydroxylation sites is 1. The number of fused-ring (bicyclic) bond motifs is 2.